The lowest BCUT2D eigenvalue weighted by molar-refractivity contribution is -0.137. The Hall–Kier alpha value is -2.26. The third-order valence-electron chi connectivity index (χ3n) is 6.65. The lowest BCUT2D eigenvalue weighted by atomic mass is 9.93. The summed E-state index contributed by atoms with van der Waals surface area (Å²) in [6.45, 7) is 3.93. The van der Waals surface area contributed by atoms with Crippen LogP contribution in [0.4, 0.5) is 24.5 Å². The summed E-state index contributed by atoms with van der Waals surface area (Å²) in [5, 5.41) is 4.80. The number of nitrogens with zero attached hydrogens (tertiary/aromatic N) is 2. The van der Waals surface area contributed by atoms with E-state index in [4.69, 9.17) is 0 Å². The van der Waals surface area contributed by atoms with Crippen LogP contribution in [0.3, 0.4) is 0 Å². The van der Waals surface area contributed by atoms with Crippen molar-refractivity contribution in [3.05, 3.63) is 47.0 Å². The molecule has 1 amide bonds. The number of aromatic nitrogens is 1. The zero-order chi connectivity index (χ0) is 23.2. The van der Waals surface area contributed by atoms with Crippen molar-refractivity contribution in [2.45, 2.75) is 43.7 Å². The second-order valence-corrected chi connectivity index (χ2v) is 11.0. The van der Waals surface area contributed by atoms with Crippen LogP contribution in [0.5, 0.6) is 0 Å². The first-order valence-corrected chi connectivity index (χ1v) is 12.9. The fourth-order valence-electron chi connectivity index (χ4n) is 4.48. The fraction of sp³-hybridized carbons (Fsp3) is 0.417. The minimum atomic E-state index is -4.49. The molecule has 0 unspecified atom stereocenters. The van der Waals surface area contributed by atoms with E-state index in [0.29, 0.717) is 26.9 Å². The molecule has 2 aromatic heterocycles. The number of halogens is 3. The summed E-state index contributed by atoms with van der Waals surface area (Å²) in [4.78, 5) is 21.1. The molecule has 3 heterocycles. The lowest BCUT2D eigenvalue weighted by Crippen LogP contribution is -2.35. The molecule has 3 aromatic rings. The van der Waals surface area contributed by atoms with Crippen LogP contribution >= 0.6 is 23.1 Å². The minimum Gasteiger partial charge on any atom is -0.371 e. The van der Waals surface area contributed by atoms with Gasteiger partial charge in [-0.2, -0.15) is 13.2 Å². The van der Waals surface area contributed by atoms with Gasteiger partial charge in [-0.1, -0.05) is 6.92 Å². The summed E-state index contributed by atoms with van der Waals surface area (Å²) < 4.78 is 39.5. The highest BCUT2D eigenvalue weighted by Gasteiger charge is 2.44. The maximum absolute atomic E-state index is 13.3. The number of carbonyl (C=O) groups excluding carboxylic acids is 1. The molecule has 1 N–H and O–H groups in total. The van der Waals surface area contributed by atoms with Gasteiger partial charge in [-0.3, -0.25) is 4.79 Å². The van der Waals surface area contributed by atoms with Gasteiger partial charge in [0.05, 0.1) is 22.5 Å². The molecule has 5 rings (SSSR count). The number of anilines is 2. The Kier molecular flexibility index (Phi) is 5.81. The van der Waals surface area contributed by atoms with E-state index in [9.17, 15) is 18.0 Å². The molecule has 2 fully saturated rings. The molecule has 2 aliphatic rings. The second kappa shape index (κ2) is 8.51. The first-order chi connectivity index (χ1) is 15.8. The molecule has 0 radical (unpaired) electrons. The second-order valence-electron chi connectivity index (χ2n) is 8.78. The monoisotopic (exact) mass is 491 g/mol. The van der Waals surface area contributed by atoms with E-state index < -0.39 is 11.7 Å². The SMILES string of the molecule is CCSc1ccc(C(=O)Nc2csc3ncc(C(F)(F)F)cc23)c(N2CCC3(CC2)CC3)c1. The Balaban J connectivity index is 1.44. The van der Waals surface area contributed by atoms with E-state index in [1.54, 1.807) is 17.1 Å². The molecule has 33 heavy (non-hydrogen) atoms. The van der Waals surface area contributed by atoms with Gasteiger partial charge < -0.3 is 10.2 Å². The molecule has 1 aromatic carbocycles. The average molecular weight is 492 g/mol. The smallest absolute Gasteiger partial charge is 0.371 e. The summed E-state index contributed by atoms with van der Waals surface area (Å²) >= 11 is 2.94. The largest absolute Gasteiger partial charge is 0.417 e. The van der Waals surface area contributed by atoms with Gasteiger partial charge in [0.1, 0.15) is 4.83 Å². The number of amides is 1. The van der Waals surface area contributed by atoms with Gasteiger partial charge in [0, 0.05) is 34.9 Å². The van der Waals surface area contributed by atoms with E-state index in [0.717, 1.165) is 54.5 Å². The normalized spacial score (nSPS) is 17.5. The van der Waals surface area contributed by atoms with Gasteiger partial charge in [-0.25, -0.2) is 4.98 Å². The molecule has 0 bridgehead atoms. The van der Waals surface area contributed by atoms with E-state index >= 15 is 0 Å². The number of nitrogens with one attached hydrogen (secondary N) is 1. The molecule has 0 atom stereocenters. The van der Waals surface area contributed by atoms with Crippen molar-refractivity contribution >= 4 is 50.6 Å². The van der Waals surface area contributed by atoms with Crippen molar-refractivity contribution in [1.29, 1.82) is 0 Å². The van der Waals surface area contributed by atoms with Gasteiger partial charge in [0.15, 0.2) is 0 Å². The highest BCUT2D eigenvalue weighted by molar-refractivity contribution is 7.99. The van der Waals surface area contributed by atoms with E-state index in [2.05, 4.69) is 28.2 Å². The van der Waals surface area contributed by atoms with Crippen molar-refractivity contribution < 1.29 is 18.0 Å². The van der Waals surface area contributed by atoms with Gasteiger partial charge in [0.25, 0.3) is 5.91 Å². The van der Waals surface area contributed by atoms with Crippen molar-refractivity contribution in [3.8, 4) is 0 Å². The van der Waals surface area contributed by atoms with Crippen molar-refractivity contribution in [3.63, 3.8) is 0 Å². The molecular formula is C24H24F3N3OS2. The highest BCUT2D eigenvalue weighted by Crippen LogP contribution is 2.54. The molecule has 1 saturated heterocycles. The van der Waals surface area contributed by atoms with E-state index in [1.165, 1.54) is 24.2 Å². The van der Waals surface area contributed by atoms with Gasteiger partial charge in [0.2, 0.25) is 0 Å². The number of pyridine rings is 1. The Morgan fingerprint density at radius 3 is 2.64 bits per heavy atom. The Morgan fingerprint density at radius 2 is 1.97 bits per heavy atom. The zero-order valence-corrected chi connectivity index (χ0v) is 19.8. The lowest BCUT2D eigenvalue weighted by Gasteiger charge is -2.35. The molecule has 1 aliphatic carbocycles. The zero-order valence-electron chi connectivity index (χ0n) is 18.2. The first-order valence-electron chi connectivity index (χ1n) is 11.1. The van der Waals surface area contributed by atoms with Gasteiger partial charge in [-0.15, -0.1) is 23.1 Å². The fourth-order valence-corrected chi connectivity index (χ4v) is 6.00. The summed E-state index contributed by atoms with van der Waals surface area (Å²) in [7, 11) is 0. The van der Waals surface area contributed by atoms with E-state index in [1.807, 2.05) is 12.1 Å². The third-order valence-corrected chi connectivity index (χ3v) is 8.43. The van der Waals surface area contributed by atoms with Gasteiger partial charge in [-0.05, 0) is 61.1 Å². The van der Waals surface area contributed by atoms with Gasteiger partial charge >= 0.3 is 6.18 Å². The van der Waals surface area contributed by atoms with Crippen LogP contribution in [0.15, 0.2) is 40.7 Å². The number of benzene rings is 1. The summed E-state index contributed by atoms with van der Waals surface area (Å²) in [5.41, 5.74) is 1.49. The molecule has 1 spiro atoms. The van der Waals surface area contributed by atoms with Crippen molar-refractivity contribution in [2.24, 2.45) is 5.41 Å². The quantitative estimate of drug-likeness (QED) is 0.388. The third kappa shape index (κ3) is 4.57. The number of hydrogen-bond donors (Lipinski definition) is 1. The van der Waals surface area contributed by atoms with Crippen LogP contribution in [-0.4, -0.2) is 29.7 Å². The number of thiophene rings is 1. The predicted molar refractivity (Wildman–Crippen MR) is 129 cm³/mol. The Morgan fingerprint density at radius 1 is 1.21 bits per heavy atom. The molecule has 9 heteroatoms. The van der Waals surface area contributed by atoms with Crippen LogP contribution in [-0.2, 0) is 6.18 Å². The van der Waals surface area contributed by atoms with Crippen molar-refractivity contribution in [1.82, 2.24) is 4.98 Å². The number of fused-ring (bicyclic) bond motifs is 1. The average Bonchev–Trinajstić information content (AvgIpc) is 3.43. The van der Waals surface area contributed by atoms with Crippen LogP contribution in [0.1, 0.15) is 48.5 Å². The first kappa shape index (κ1) is 22.5. The number of alkyl halides is 3. The summed E-state index contributed by atoms with van der Waals surface area (Å²) in [6, 6.07) is 6.89. The Labute approximate surface area is 198 Å². The highest BCUT2D eigenvalue weighted by atomic mass is 32.2. The number of thioether (sulfide) groups is 1. The number of hydrogen-bond acceptors (Lipinski definition) is 5. The topological polar surface area (TPSA) is 45.2 Å². The Bertz CT molecular complexity index is 1190. The minimum absolute atomic E-state index is 0.302. The number of carbonyl (C=O) groups is 1. The molecule has 1 saturated carbocycles. The summed E-state index contributed by atoms with van der Waals surface area (Å²) in [6.07, 6.45) is 1.23. The molecule has 174 valence electrons. The molecule has 1 aliphatic heterocycles. The predicted octanol–water partition coefficient (Wildman–Crippen LogP) is 7.06. The van der Waals surface area contributed by atoms with Crippen LogP contribution in [0, 0.1) is 5.41 Å². The molecule has 4 nitrogen and oxygen atoms in total. The summed E-state index contributed by atoms with van der Waals surface area (Å²) in [5.74, 6) is 0.616. The number of piperidine rings is 1. The maximum Gasteiger partial charge on any atom is 0.417 e. The van der Waals surface area contributed by atoms with Crippen LogP contribution < -0.4 is 10.2 Å². The standard InChI is InChI=1S/C24H24F3N3OS2/c1-2-32-16-3-4-17(20(12-16)30-9-7-23(5-6-23)8-10-30)21(31)29-19-14-33-22-18(19)11-15(13-28-22)24(25,26)27/h3-4,11-14H,2,5-10H2,1H3,(H,29,31). The van der Waals surface area contributed by atoms with Crippen LogP contribution in [0.2, 0.25) is 0 Å². The van der Waals surface area contributed by atoms with E-state index in [-0.39, 0.29) is 5.91 Å². The maximum atomic E-state index is 13.3. The number of rotatable bonds is 5. The van der Waals surface area contributed by atoms with Crippen molar-refractivity contribution in [2.75, 3.05) is 29.1 Å². The molecular weight excluding hydrogens is 467 g/mol. The van der Waals surface area contributed by atoms with Crippen LogP contribution in [0.25, 0.3) is 10.2 Å².